The Balaban J connectivity index is 2.27. The van der Waals surface area contributed by atoms with E-state index < -0.39 is 5.97 Å². The SMILES string of the molecule is CN(C)C(=O)c1ccc(-c2ccc(C(=O)O)s2)cc1. The topological polar surface area (TPSA) is 57.6 Å². The summed E-state index contributed by atoms with van der Waals surface area (Å²) in [5.74, 6) is -0.973. The van der Waals surface area contributed by atoms with E-state index in [0.717, 1.165) is 10.4 Å². The number of carboxylic acid groups (broad SMARTS) is 1. The van der Waals surface area contributed by atoms with Gasteiger partial charge in [-0.25, -0.2) is 4.79 Å². The summed E-state index contributed by atoms with van der Waals surface area (Å²) in [4.78, 5) is 25.3. The van der Waals surface area contributed by atoms with Gasteiger partial charge in [0.05, 0.1) is 0 Å². The Kier molecular flexibility index (Phi) is 3.66. The molecule has 5 heteroatoms. The number of amides is 1. The highest BCUT2D eigenvalue weighted by Gasteiger charge is 2.10. The third kappa shape index (κ3) is 2.82. The molecule has 2 aromatic rings. The van der Waals surface area contributed by atoms with Gasteiger partial charge in [-0.05, 0) is 29.8 Å². The summed E-state index contributed by atoms with van der Waals surface area (Å²) in [6, 6.07) is 10.5. The molecule has 19 heavy (non-hydrogen) atoms. The average molecular weight is 275 g/mol. The smallest absolute Gasteiger partial charge is 0.345 e. The largest absolute Gasteiger partial charge is 0.477 e. The van der Waals surface area contributed by atoms with Crippen LogP contribution in [-0.2, 0) is 0 Å². The van der Waals surface area contributed by atoms with Gasteiger partial charge in [-0.15, -0.1) is 11.3 Å². The molecule has 0 fully saturated rings. The van der Waals surface area contributed by atoms with Crippen LogP contribution in [0.15, 0.2) is 36.4 Å². The second-order valence-electron chi connectivity index (χ2n) is 4.25. The number of carboxylic acids is 1. The summed E-state index contributed by atoms with van der Waals surface area (Å²) >= 11 is 1.22. The molecule has 1 N–H and O–H groups in total. The molecule has 98 valence electrons. The molecule has 0 unspecified atom stereocenters. The Morgan fingerprint density at radius 1 is 1.05 bits per heavy atom. The maximum absolute atomic E-state index is 11.7. The van der Waals surface area contributed by atoms with Crippen LogP contribution < -0.4 is 0 Å². The number of hydrogen-bond donors (Lipinski definition) is 1. The van der Waals surface area contributed by atoms with Crippen LogP contribution in [-0.4, -0.2) is 36.0 Å². The number of aromatic carboxylic acids is 1. The van der Waals surface area contributed by atoms with E-state index in [1.165, 1.54) is 16.2 Å². The number of thiophene rings is 1. The Morgan fingerprint density at radius 2 is 1.68 bits per heavy atom. The first kappa shape index (κ1) is 13.3. The predicted molar refractivity (Wildman–Crippen MR) is 74.7 cm³/mol. The van der Waals surface area contributed by atoms with Crippen LogP contribution in [0.25, 0.3) is 10.4 Å². The lowest BCUT2D eigenvalue weighted by molar-refractivity contribution is 0.0701. The molecule has 0 radical (unpaired) electrons. The van der Waals surface area contributed by atoms with Crippen molar-refractivity contribution < 1.29 is 14.7 Å². The average Bonchev–Trinajstić information content (AvgIpc) is 2.87. The molecule has 0 aliphatic carbocycles. The Bertz CT molecular complexity index is 614. The zero-order valence-corrected chi connectivity index (χ0v) is 11.4. The van der Waals surface area contributed by atoms with Gasteiger partial charge in [-0.3, -0.25) is 4.79 Å². The van der Waals surface area contributed by atoms with E-state index in [1.807, 2.05) is 12.1 Å². The van der Waals surface area contributed by atoms with E-state index in [2.05, 4.69) is 0 Å². The fourth-order valence-electron chi connectivity index (χ4n) is 1.64. The highest BCUT2D eigenvalue weighted by molar-refractivity contribution is 7.17. The molecule has 0 aliphatic heterocycles. The molecule has 1 amide bonds. The minimum absolute atomic E-state index is 0.0519. The van der Waals surface area contributed by atoms with Crippen molar-refractivity contribution in [2.75, 3.05) is 14.1 Å². The number of carbonyl (C=O) groups excluding carboxylic acids is 1. The van der Waals surface area contributed by atoms with E-state index in [-0.39, 0.29) is 5.91 Å². The second kappa shape index (κ2) is 5.24. The lowest BCUT2D eigenvalue weighted by atomic mass is 10.1. The minimum atomic E-state index is -0.921. The predicted octanol–water partition coefficient (Wildman–Crippen LogP) is 2.82. The van der Waals surface area contributed by atoms with Gasteiger partial charge in [0.2, 0.25) is 0 Å². The summed E-state index contributed by atoms with van der Waals surface area (Å²) in [7, 11) is 3.41. The number of benzene rings is 1. The van der Waals surface area contributed by atoms with Crippen molar-refractivity contribution >= 4 is 23.2 Å². The molecule has 1 aromatic heterocycles. The van der Waals surface area contributed by atoms with E-state index in [0.29, 0.717) is 10.4 Å². The van der Waals surface area contributed by atoms with Crippen LogP contribution in [0.1, 0.15) is 20.0 Å². The molecular formula is C14H13NO3S. The van der Waals surface area contributed by atoms with Crippen molar-refractivity contribution in [2.24, 2.45) is 0 Å². The molecule has 0 aliphatic rings. The zero-order chi connectivity index (χ0) is 14.0. The van der Waals surface area contributed by atoms with Crippen molar-refractivity contribution in [1.29, 1.82) is 0 Å². The lowest BCUT2D eigenvalue weighted by Gasteiger charge is -2.10. The minimum Gasteiger partial charge on any atom is -0.477 e. The van der Waals surface area contributed by atoms with Gasteiger partial charge < -0.3 is 10.0 Å². The molecule has 1 aromatic carbocycles. The summed E-state index contributed by atoms with van der Waals surface area (Å²) in [5, 5.41) is 8.88. The van der Waals surface area contributed by atoms with Gasteiger partial charge in [0, 0.05) is 24.5 Å². The summed E-state index contributed by atoms with van der Waals surface area (Å²) < 4.78 is 0. The van der Waals surface area contributed by atoms with Gasteiger partial charge in [0.15, 0.2) is 0 Å². The molecule has 2 rings (SSSR count). The third-order valence-corrected chi connectivity index (χ3v) is 3.76. The molecule has 1 heterocycles. The van der Waals surface area contributed by atoms with Crippen molar-refractivity contribution in [2.45, 2.75) is 0 Å². The van der Waals surface area contributed by atoms with Gasteiger partial charge in [-0.1, -0.05) is 12.1 Å². The standard InChI is InChI=1S/C14H13NO3S/c1-15(2)13(16)10-5-3-9(4-6-10)11-7-8-12(19-11)14(17)18/h3-8H,1-2H3,(H,17,18). The molecular weight excluding hydrogens is 262 g/mol. The zero-order valence-electron chi connectivity index (χ0n) is 10.6. The first-order valence-electron chi connectivity index (χ1n) is 5.64. The van der Waals surface area contributed by atoms with Crippen LogP contribution in [0.3, 0.4) is 0 Å². The first-order chi connectivity index (χ1) is 8.99. The third-order valence-electron chi connectivity index (χ3n) is 2.64. The van der Waals surface area contributed by atoms with E-state index in [1.54, 1.807) is 38.4 Å². The highest BCUT2D eigenvalue weighted by atomic mass is 32.1. The van der Waals surface area contributed by atoms with Gasteiger partial charge >= 0.3 is 5.97 Å². The van der Waals surface area contributed by atoms with Crippen LogP contribution in [0.4, 0.5) is 0 Å². The first-order valence-corrected chi connectivity index (χ1v) is 6.46. The molecule has 0 bridgehead atoms. The Morgan fingerprint density at radius 3 is 2.16 bits per heavy atom. The van der Waals surface area contributed by atoms with E-state index in [4.69, 9.17) is 5.11 Å². The lowest BCUT2D eigenvalue weighted by Crippen LogP contribution is -2.21. The number of carbonyl (C=O) groups is 2. The van der Waals surface area contributed by atoms with Crippen molar-refractivity contribution in [3.8, 4) is 10.4 Å². The van der Waals surface area contributed by atoms with Gasteiger partial charge in [-0.2, -0.15) is 0 Å². The maximum Gasteiger partial charge on any atom is 0.345 e. The van der Waals surface area contributed by atoms with Gasteiger partial charge in [0.25, 0.3) is 5.91 Å². The molecule has 0 spiro atoms. The maximum atomic E-state index is 11.7. The molecule has 0 saturated carbocycles. The highest BCUT2D eigenvalue weighted by Crippen LogP contribution is 2.28. The normalized spacial score (nSPS) is 10.2. The van der Waals surface area contributed by atoms with Crippen LogP contribution in [0, 0.1) is 0 Å². The summed E-state index contributed by atoms with van der Waals surface area (Å²) in [5.41, 5.74) is 1.52. The van der Waals surface area contributed by atoms with Gasteiger partial charge in [0.1, 0.15) is 4.88 Å². The van der Waals surface area contributed by atoms with E-state index >= 15 is 0 Å². The second-order valence-corrected chi connectivity index (χ2v) is 5.33. The Hall–Kier alpha value is -2.14. The number of rotatable bonds is 3. The summed E-state index contributed by atoms with van der Waals surface area (Å²) in [6.45, 7) is 0. The van der Waals surface area contributed by atoms with Crippen molar-refractivity contribution in [3.05, 3.63) is 46.8 Å². The molecule has 0 saturated heterocycles. The fraction of sp³-hybridized carbons (Fsp3) is 0.143. The molecule has 0 atom stereocenters. The van der Waals surface area contributed by atoms with Crippen molar-refractivity contribution in [3.63, 3.8) is 0 Å². The molecule has 4 nitrogen and oxygen atoms in total. The van der Waals surface area contributed by atoms with E-state index in [9.17, 15) is 9.59 Å². The van der Waals surface area contributed by atoms with Crippen LogP contribution in [0.2, 0.25) is 0 Å². The van der Waals surface area contributed by atoms with Crippen LogP contribution in [0.5, 0.6) is 0 Å². The fourth-order valence-corrected chi connectivity index (χ4v) is 2.49. The number of nitrogens with zero attached hydrogens (tertiary/aromatic N) is 1. The van der Waals surface area contributed by atoms with Crippen molar-refractivity contribution in [1.82, 2.24) is 4.90 Å². The summed E-state index contributed by atoms with van der Waals surface area (Å²) in [6.07, 6.45) is 0. The number of hydrogen-bond acceptors (Lipinski definition) is 3. The Labute approximate surface area is 114 Å². The quantitative estimate of drug-likeness (QED) is 0.937. The van der Waals surface area contributed by atoms with Crippen LogP contribution >= 0.6 is 11.3 Å². The monoisotopic (exact) mass is 275 g/mol.